The van der Waals surface area contributed by atoms with Crippen molar-refractivity contribution in [1.29, 1.82) is 0 Å². The zero-order chi connectivity index (χ0) is 11.4. The molecule has 2 aromatic rings. The Labute approximate surface area is 105 Å². The molecule has 1 aromatic carbocycles. The highest BCUT2D eigenvalue weighted by molar-refractivity contribution is 7.08. The number of anilines is 1. The van der Waals surface area contributed by atoms with Crippen molar-refractivity contribution in [2.45, 2.75) is 19.4 Å². The summed E-state index contributed by atoms with van der Waals surface area (Å²) in [4.78, 5) is 0. The minimum atomic E-state index is 0.354. The van der Waals surface area contributed by atoms with Crippen LogP contribution in [0.4, 0.5) is 5.69 Å². The Balaban J connectivity index is 2.13. The maximum atomic E-state index is 5.88. The van der Waals surface area contributed by atoms with E-state index in [-0.39, 0.29) is 0 Å². The topological polar surface area (TPSA) is 12.0 Å². The lowest BCUT2D eigenvalue weighted by molar-refractivity contribution is 0.750. The average Bonchev–Trinajstić information content (AvgIpc) is 2.80. The summed E-state index contributed by atoms with van der Waals surface area (Å²) in [5.74, 6) is 0. The second kappa shape index (κ2) is 5.37. The Morgan fingerprint density at radius 2 is 2.00 bits per heavy atom. The second-order valence-electron chi connectivity index (χ2n) is 3.67. The highest BCUT2D eigenvalue weighted by Gasteiger charge is 2.08. The van der Waals surface area contributed by atoms with E-state index < -0.39 is 0 Å². The number of benzene rings is 1. The highest BCUT2D eigenvalue weighted by atomic mass is 35.5. The maximum Gasteiger partial charge on any atom is 0.0511 e. The molecule has 1 aromatic heterocycles. The van der Waals surface area contributed by atoms with Gasteiger partial charge < -0.3 is 5.32 Å². The summed E-state index contributed by atoms with van der Waals surface area (Å²) < 4.78 is 0. The van der Waals surface area contributed by atoms with Crippen LogP contribution in [-0.2, 0) is 0 Å². The van der Waals surface area contributed by atoms with Gasteiger partial charge in [0.15, 0.2) is 0 Å². The summed E-state index contributed by atoms with van der Waals surface area (Å²) in [5.41, 5.74) is 2.46. The number of nitrogens with one attached hydrogen (secondary N) is 1. The van der Waals surface area contributed by atoms with Gasteiger partial charge in [0, 0.05) is 16.1 Å². The van der Waals surface area contributed by atoms with Gasteiger partial charge in [0.1, 0.15) is 0 Å². The van der Waals surface area contributed by atoms with Gasteiger partial charge in [0.25, 0.3) is 0 Å². The van der Waals surface area contributed by atoms with Gasteiger partial charge in [-0.3, -0.25) is 0 Å². The largest absolute Gasteiger partial charge is 0.378 e. The van der Waals surface area contributed by atoms with Crippen LogP contribution in [0.15, 0.2) is 41.1 Å². The van der Waals surface area contributed by atoms with Crippen molar-refractivity contribution in [3.63, 3.8) is 0 Å². The Bertz CT molecular complexity index is 422. The van der Waals surface area contributed by atoms with Gasteiger partial charge >= 0.3 is 0 Å². The van der Waals surface area contributed by atoms with Gasteiger partial charge in [0.2, 0.25) is 0 Å². The van der Waals surface area contributed by atoms with E-state index in [1.165, 1.54) is 11.3 Å². The number of rotatable bonds is 4. The molecule has 84 valence electrons. The average molecular weight is 252 g/mol. The highest BCUT2D eigenvalue weighted by Crippen LogP contribution is 2.24. The van der Waals surface area contributed by atoms with Gasteiger partial charge in [-0.05, 0) is 35.6 Å². The molecule has 0 radical (unpaired) electrons. The third kappa shape index (κ3) is 2.77. The monoisotopic (exact) mass is 251 g/mol. The fourth-order valence-electron chi connectivity index (χ4n) is 1.66. The van der Waals surface area contributed by atoms with Crippen molar-refractivity contribution in [2.24, 2.45) is 0 Å². The van der Waals surface area contributed by atoms with Gasteiger partial charge in [-0.15, -0.1) is 0 Å². The van der Waals surface area contributed by atoms with Crippen LogP contribution in [0.2, 0.25) is 5.02 Å². The van der Waals surface area contributed by atoms with Crippen molar-refractivity contribution in [2.75, 3.05) is 5.32 Å². The van der Waals surface area contributed by atoms with E-state index in [0.29, 0.717) is 6.04 Å². The third-order valence-corrected chi connectivity index (χ3v) is 3.48. The van der Waals surface area contributed by atoms with Crippen LogP contribution < -0.4 is 5.32 Å². The molecular weight excluding hydrogens is 238 g/mol. The zero-order valence-corrected chi connectivity index (χ0v) is 10.7. The van der Waals surface area contributed by atoms with Gasteiger partial charge in [-0.25, -0.2) is 0 Å². The smallest absolute Gasteiger partial charge is 0.0511 e. The van der Waals surface area contributed by atoms with E-state index in [1.54, 1.807) is 11.3 Å². The quantitative estimate of drug-likeness (QED) is 0.810. The number of thiophene rings is 1. The van der Waals surface area contributed by atoms with Crippen LogP contribution in [-0.4, -0.2) is 0 Å². The maximum absolute atomic E-state index is 5.88. The van der Waals surface area contributed by atoms with Crippen molar-refractivity contribution < 1.29 is 0 Å². The van der Waals surface area contributed by atoms with Crippen molar-refractivity contribution >= 4 is 28.6 Å². The molecule has 1 nitrogen and oxygen atoms in total. The van der Waals surface area contributed by atoms with E-state index >= 15 is 0 Å². The van der Waals surface area contributed by atoms with E-state index in [1.807, 2.05) is 12.1 Å². The molecule has 1 heterocycles. The second-order valence-corrected chi connectivity index (χ2v) is 4.89. The van der Waals surface area contributed by atoms with E-state index in [4.69, 9.17) is 11.6 Å². The first kappa shape index (κ1) is 11.5. The lowest BCUT2D eigenvalue weighted by Crippen LogP contribution is -2.08. The predicted octanol–water partition coefficient (Wildman–Crippen LogP) is 4.96. The molecule has 0 spiro atoms. The molecule has 0 saturated carbocycles. The SMILES string of the molecule is CCC(Nc1ccsc1)c1ccc(Cl)cc1. The number of hydrogen-bond acceptors (Lipinski definition) is 2. The fourth-order valence-corrected chi connectivity index (χ4v) is 2.39. The van der Waals surface area contributed by atoms with Crippen LogP contribution in [0.25, 0.3) is 0 Å². The number of hydrogen-bond donors (Lipinski definition) is 1. The Morgan fingerprint density at radius 1 is 1.25 bits per heavy atom. The molecule has 2 rings (SSSR count). The van der Waals surface area contributed by atoms with Crippen LogP contribution >= 0.6 is 22.9 Å². The molecule has 0 bridgehead atoms. The first-order valence-electron chi connectivity index (χ1n) is 5.34. The molecule has 0 saturated heterocycles. The molecule has 0 amide bonds. The fraction of sp³-hybridized carbons (Fsp3) is 0.231. The van der Waals surface area contributed by atoms with Crippen LogP contribution in [0.5, 0.6) is 0 Å². The van der Waals surface area contributed by atoms with E-state index in [2.05, 4.69) is 41.2 Å². The van der Waals surface area contributed by atoms with Crippen molar-refractivity contribution in [1.82, 2.24) is 0 Å². The Kier molecular flexibility index (Phi) is 3.86. The summed E-state index contributed by atoms with van der Waals surface area (Å²) in [6.07, 6.45) is 1.05. The molecule has 0 fully saturated rings. The molecule has 0 aliphatic carbocycles. The minimum absolute atomic E-state index is 0.354. The van der Waals surface area contributed by atoms with E-state index in [9.17, 15) is 0 Å². The summed E-state index contributed by atoms with van der Waals surface area (Å²) in [6.45, 7) is 2.18. The van der Waals surface area contributed by atoms with Crippen molar-refractivity contribution in [3.8, 4) is 0 Å². The predicted molar refractivity (Wildman–Crippen MR) is 72.4 cm³/mol. The van der Waals surface area contributed by atoms with Crippen molar-refractivity contribution in [3.05, 3.63) is 51.7 Å². The Hall–Kier alpha value is -0.990. The lowest BCUT2D eigenvalue weighted by atomic mass is 10.0. The summed E-state index contributed by atoms with van der Waals surface area (Å²) in [6, 6.07) is 10.5. The molecule has 16 heavy (non-hydrogen) atoms. The van der Waals surface area contributed by atoms with Crippen LogP contribution in [0.3, 0.4) is 0 Å². The van der Waals surface area contributed by atoms with E-state index in [0.717, 1.165) is 11.4 Å². The third-order valence-electron chi connectivity index (χ3n) is 2.54. The molecule has 1 N–H and O–H groups in total. The first-order valence-corrected chi connectivity index (χ1v) is 6.66. The summed E-state index contributed by atoms with van der Waals surface area (Å²) in [5, 5.41) is 8.50. The molecule has 0 aliphatic heterocycles. The zero-order valence-electron chi connectivity index (χ0n) is 9.11. The standard InChI is InChI=1S/C13H14ClNS/c1-2-13(15-12-7-8-16-9-12)10-3-5-11(14)6-4-10/h3-9,13,15H,2H2,1H3. The number of halogens is 1. The van der Waals surface area contributed by atoms with Crippen LogP contribution in [0, 0.1) is 0 Å². The molecular formula is C13H14ClNS. The normalized spacial score (nSPS) is 12.4. The molecule has 0 aliphatic rings. The molecule has 3 heteroatoms. The molecule has 1 unspecified atom stereocenters. The minimum Gasteiger partial charge on any atom is -0.378 e. The van der Waals surface area contributed by atoms with Crippen LogP contribution in [0.1, 0.15) is 24.9 Å². The lowest BCUT2D eigenvalue weighted by Gasteiger charge is -2.17. The first-order chi connectivity index (χ1) is 7.79. The Morgan fingerprint density at radius 3 is 2.56 bits per heavy atom. The van der Waals surface area contributed by atoms with Gasteiger partial charge in [0.05, 0.1) is 6.04 Å². The molecule has 1 atom stereocenters. The summed E-state index contributed by atoms with van der Waals surface area (Å²) >= 11 is 7.59. The van der Waals surface area contributed by atoms with Gasteiger partial charge in [-0.2, -0.15) is 11.3 Å². The summed E-state index contributed by atoms with van der Waals surface area (Å²) in [7, 11) is 0. The van der Waals surface area contributed by atoms with Gasteiger partial charge in [-0.1, -0.05) is 30.7 Å².